The lowest BCUT2D eigenvalue weighted by Crippen LogP contribution is -2.47. The third-order valence-corrected chi connectivity index (χ3v) is 6.37. The smallest absolute Gasteiger partial charge is 0.325 e. The van der Waals surface area contributed by atoms with Crippen molar-refractivity contribution in [3.63, 3.8) is 0 Å². The summed E-state index contributed by atoms with van der Waals surface area (Å²) in [4.78, 5) is 39.1. The van der Waals surface area contributed by atoms with Gasteiger partial charge >= 0.3 is 6.03 Å². The number of benzene rings is 1. The summed E-state index contributed by atoms with van der Waals surface area (Å²) in [5.74, 6) is 0.954. The lowest BCUT2D eigenvalue weighted by molar-refractivity contribution is -0.127. The minimum absolute atomic E-state index is 0.0250. The lowest BCUT2D eigenvalue weighted by Gasteiger charge is -2.33. The van der Waals surface area contributed by atoms with Gasteiger partial charge in [0.2, 0.25) is 18.6 Å². The summed E-state index contributed by atoms with van der Waals surface area (Å²) in [5, 5.41) is 8.21. The lowest BCUT2D eigenvalue weighted by atomic mass is 9.93. The first-order valence-corrected chi connectivity index (χ1v) is 11.6. The zero-order valence-corrected chi connectivity index (χ0v) is 18.4. The van der Waals surface area contributed by atoms with Crippen molar-refractivity contribution in [3.05, 3.63) is 18.2 Å². The monoisotopic (exact) mass is 444 g/mol. The molecule has 174 valence electrons. The van der Waals surface area contributed by atoms with Crippen molar-refractivity contribution in [2.24, 2.45) is 5.92 Å². The van der Waals surface area contributed by atoms with E-state index in [0.717, 1.165) is 32.2 Å². The molecule has 1 saturated heterocycles. The van der Waals surface area contributed by atoms with E-state index in [1.54, 1.807) is 18.2 Å². The van der Waals surface area contributed by atoms with E-state index in [2.05, 4.69) is 20.9 Å². The van der Waals surface area contributed by atoms with Crippen LogP contribution in [0.1, 0.15) is 51.4 Å². The first kappa shape index (κ1) is 22.4. The molecule has 2 heterocycles. The summed E-state index contributed by atoms with van der Waals surface area (Å²) in [5.41, 5.74) is 0.516. The highest BCUT2D eigenvalue weighted by atomic mass is 16.7. The van der Waals surface area contributed by atoms with Crippen LogP contribution in [0.25, 0.3) is 0 Å². The van der Waals surface area contributed by atoms with Gasteiger partial charge in [0.1, 0.15) is 0 Å². The number of hydrogen-bond donors (Lipinski definition) is 3. The van der Waals surface area contributed by atoms with Gasteiger partial charge in [0.05, 0.1) is 5.92 Å². The van der Waals surface area contributed by atoms with Gasteiger partial charge in [0.25, 0.3) is 0 Å². The molecule has 2 aliphatic heterocycles. The standard InChI is InChI=1S/C23H32N4O5/c28-21(26-23(30)25-18-8-9-19-20(13-18)32-15-31-19)10-12-27-11-4-5-16(14-27)22(29)24-17-6-2-1-3-7-17/h8-9,13,16-17H,1-7,10-12,14-15H2,(H,24,29)(H2,25,26,28,30). The molecule has 1 unspecified atom stereocenters. The predicted octanol–water partition coefficient (Wildman–Crippen LogP) is 2.61. The van der Waals surface area contributed by atoms with E-state index in [9.17, 15) is 14.4 Å². The Balaban J connectivity index is 1.17. The number of piperidine rings is 1. The van der Waals surface area contributed by atoms with E-state index in [0.29, 0.717) is 36.3 Å². The normalized spacial score (nSPS) is 21.1. The van der Waals surface area contributed by atoms with Crippen molar-refractivity contribution in [1.29, 1.82) is 0 Å². The van der Waals surface area contributed by atoms with Gasteiger partial charge < -0.3 is 25.0 Å². The number of imide groups is 1. The highest BCUT2D eigenvalue weighted by Crippen LogP contribution is 2.34. The van der Waals surface area contributed by atoms with Crippen LogP contribution in [0.4, 0.5) is 10.5 Å². The van der Waals surface area contributed by atoms with Crippen LogP contribution in [0.2, 0.25) is 0 Å². The van der Waals surface area contributed by atoms with Crippen LogP contribution in [-0.2, 0) is 9.59 Å². The molecular weight excluding hydrogens is 412 g/mol. The number of ether oxygens (including phenoxy) is 2. The summed E-state index contributed by atoms with van der Waals surface area (Å²) >= 11 is 0. The van der Waals surface area contributed by atoms with Crippen molar-refractivity contribution in [2.45, 2.75) is 57.4 Å². The van der Waals surface area contributed by atoms with Gasteiger partial charge in [-0.25, -0.2) is 4.79 Å². The number of amides is 4. The minimum atomic E-state index is -0.586. The van der Waals surface area contributed by atoms with E-state index in [-0.39, 0.29) is 30.9 Å². The van der Waals surface area contributed by atoms with Gasteiger partial charge in [-0.1, -0.05) is 19.3 Å². The largest absolute Gasteiger partial charge is 0.454 e. The molecule has 9 nitrogen and oxygen atoms in total. The topological polar surface area (TPSA) is 109 Å². The number of carbonyl (C=O) groups excluding carboxylic acids is 3. The Bertz CT molecular complexity index is 840. The summed E-state index contributed by atoms with van der Waals surface area (Å²) in [7, 11) is 0. The molecule has 32 heavy (non-hydrogen) atoms. The summed E-state index contributed by atoms with van der Waals surface area (Å²) in [6.07, 6.45) is 7.84. The number of rotatable bonds is 6. The molecule has 9 heteroatoms. The number of nitrogens with zero attached hydrogens (tertiary/aromatic N) is 1. The maximum absolute atomic E-state index is 12.7. The Labute approximate surface area is 188 Å². The molecule has 1 saturated carbocycles. The number of hydrogen-bond acceptors (Lipinski definition) is 6. The summed E-state index contributed by atoms with van der Waals surface area (Å²) in [6.45, 7) is 2.21. The van der Waals surface area contributed by atoms with E-state index in [1.165, 1.54) is 19.3 Å². The van der Waals surface area contributed by atoms with Gasteiger partial charge in [-0.15, -0.1) is 0 Å². The van der Waals surface area contributed by atoms with E-state index >= 15 is 0 Å². The van der Waals surface area contributed by atoms with Crippen molar-refractivity contribution < 1.29 is 23.9 Å². The summed E-state index contributed by atoms with van der Waals surface area (Å²) < 4.78 is 10.5. The second-order valence-electron chi connectivity index (χ2n) is 8.80. The quantitative estimate of drug-likeness (QED) is 0.622. The van der Waals surface area contributed by atoms with Crippen LogP contribution < -0.4 is 25.4 Å². The maximum atomic E-state index is 12.7. The molecule has 1 aliphatic carbocycles. The highest BCUT2D eigenvalue weighted by molar-refractivity contribution is 6.01. The zero-order chi connectivity index (χ0) is 22.3. The fourth-order valence-corrected chi connectivity index (χ4v) is 4.62. The SMILES string of the molecule is O=C(CCN1CCCC(C(=O)NC2CCCCC2)C1)NC(=O)Nc1ccc2c(c1)OCO2. The number of likely N-dealkylation sites (tertiary alicyclic amines) is 1. The number of urea groups is 1. The average Bonchev–Trinajstić information content (AvgIpc) is 3.26. The molecule has 3 aliphatic rings. The average molecular weight is 445 g/mol. The molecule has 4 amide bonds. The van der Waals surface area contributed by atoms with Gasteiger partial charge in [-0.2, -0.15) is 0 Å². The van der Waals surface area contributed by atoms with Crippen molar-refractivity contribution in [3.8, 4) is 11.5 Å². The van der Waals surface area contributed by atoms with Gasteiger partial charge in [-0.3, -0.25) is 14.9 Å². The number of fused-ring (bicyclic) bond motifs is 1. The second-order valence-corrected chi connectivity index (χ2v) is 8.80. The third-order valence-electron chi connectivity index (χ3n) is 6.37. The molecule has 0 radical (unpaired) electrons. The fourth-order valence-electron chi connectivity index (χ4n) is 4.62. The molecule has 1 aromatic rings. The van der Waals surface area contributed by atoms with Crippen LogP contribution in [-0.4, -0.2) is 55.2 Å². The second kappa shape index (κ2) is 10.7. The van der Waals surface area contributed by atoms with Crippen LogP contribution in [0.15, 0.2) is 18.2 Å². The first-order valence-electron chi connectivity index (χ1n) is 11.6. The van der Waals surface area contributed by atoms with E-state index < -0.39 is 6.03 Å². The van der Waals surface area contributed by atoms with E-state index in [4.69, 9.17) is 9.47 Å². The first-order chi connectivity index (χ1) is 15.6. The Morgan fingerprint density at radius 1 is 1.00 bits per heavy atom. The summed E-state index contributed by atoms with van der Waals surface area (Å²) in [6, 6.07) is 4.78. The molecule has 0 aromatic heterocycles. The highest BCUT2D eigenvalue weighted by Gasteiger charge is 2.28. The fraction of sp³-hybridized carbons (Fsp3) is 0.609. The molecule has 3 N–H and O–H groups in total. The van der Waals surface area contributed by atoms with Gasteiger partial charge in [-0.05, 0) is 44.4 Å². The van der Waals surface area contributed by atoms with Crippen LogP contribution in [0, 0.1) is 5.92 Å². The van der Waals surface area contributed by atoms with Crippen molar-refractivity contribution in [1.82, 2.24) is 15.5 Å². The molecule has 1 atom stereocenters. The van der Waals surface area contributed by atoms with Gasteiger partial charge in [0.15, 0.2) is 11.5 Å². The Kier molecular flexibility index (Phi) is 7.47. The van der Waals surface area contributed by atoms with Crippen LogP contribution in [0.3, 0.4) is 0 Å². The zero-order valence-electron chi connectivity index (χ0n) is 18.4. The number of carbonyl (C=O) groups is 3. The van der Waals surface area contributed by atoms with Gasteiger partial charge in [0, 0.05) is 37.3 Å². The molecule has 2 fully saturated rings. The Morgan fingerprint density at radius 2 is 1.81 bits per heavy atom. The number of anilines is 1. The molecule has 1 aromatic carbocycles. The molecule has 4 rings (SSSR count). The molecule has 0 spiro atoms. The maximum Gasteiger partial charge on any atom is 0.325 e. The third kappa shape index (κ3) is 6.12. The molecule has 0 bridgehead atoms. The molecular formula is C23H32N4O5. The van der Waals surface area contributed by atoms with E-state index in [1.807, 2.05) is 0 Å². The predicted molar refractivity (Wildman–Crippen MR) is 119 cm³/mol. The minimum Gasteiger partial charge on any atom is -0.454 e. The Hall–Kier alpha value is -2.81. The van der Waals surface area contributed by atoms with Crippen LogP contribution >= 0.6 is 0 Å². The van der Waals surface area contributed by atoms with Crippen LogP contribution in [0.5, 0.6) is 11.5 Å². The van der Waals surface area contributed by atoms with Crippen molar-refractivity contribution >= 4 is 23.5 Å². The Morgan fingerprint density at radius 3 is 2.66 bits per heavy atom. The van der Waals surface area contributed by atoms with Crippen molar-refractivity contribution in [2.75, 3.05) is 31.7 Å². The number of nitrogens with one attached hydrogen (secondary N) is 3.